The summed E-state index contributed by atoms with van der Waals surface area (Å²) in [4.78, 5) is 12.3. The van der Waals surface area contributed by atoms with Crippen molar-refractivity contribution in [2.24, 2.45) is 0 Å². The van der Waals surface area contributed by atoms with Crippen molar-refractivity contribution in [1.29, 1.82) is 0 Å². The van der Waals surface area contributed by atoms with Gasteiger partial charge in [0.2, 0.25) is 0 Å². The number of nitrogens with one attached hydrogen (secondary N) is 1. The second-order valence-electron chi connectivity index (χ2n) is 7.99. The van der Waals surface area contributed by atoms with Gasteiger partial charge in [-0.1, -0.05) is 42.5 Å². The summed E-state index contributed by atoms with van der Waals surface area (Å²) >= 11 is 0. The first-order chi connectivity index (χ1) is 16.1. The van der Waals surface area contributed by atoms with E-state index in [1.807, 2.05) is 36.4 Å². The summed E-state index contributed by atoms with van der Waals surface area (Å²) in [5.74, 6) is -0.662. The fourth-order valence-corrected chi connectivity index (χ4v) is 4.16. The first-order valence-corrected chi connectivity index (χ1v) is 11.0. The number of aromatic nitrogens is 1. The number of ether oxygens (including phenoxy) is 1. The standard InChI is InChI=1S/C27H27FN2O3/c1-33-22-13-14-23-24(17-29-15-5-8-19-6-3-2-4-7-19)26(27(31)32)30(25(23)16-22)18-20-9-11-21(28)12-10-20/h2-4,6-7,9-14,16,29H,5,8,15,17-18H2,1H3,(H,31,32). The Morgan fingerprint density at radius 1 is 1.03 bits per heavy atom. The van der Waals surface area contributed by atoms with Gasteiger partial charge in [0, 0.05) is 30.1 Å². The van der Waals surface area contributed by atoms with Gasteiger partial charge in [-0.25, -0.2) is 9.18 Å². The van der Waals surface area contributed by atoms with Gasteiger partial charge in [0.1, 0.15) is 17.3 Å². The van der Waals surface area contributed by atoms with Crippen molar-refractivity contribution in [3.8, 4) is 5.75 Å². The van der Waals surface area contributed by atoms with Gasteiger partial charge in [0.05, 0.1) is 12.6 Å². The molecule has 33 heavy (non-hydrogen) atoms. The van der Waals surface area contributed by atoms with E-state index in [4.69, 9.17) is 4.74 Å². The molecule has 170 valence electrons. The lowest BCUT2D eigenvalue weighted by molar-refractivity contribution is 0.0684. The molecule has 0 saturated carbocycles. The summed E-state index contributed by atoms with van der Waals surface area (Å²) in [5, 5.41) is 14.4. The maximum atomic E-state index is 13.4. The molecule has 1 aromatic heterocycles. The maximum Gasteiger partial charge on any atom is 0.352 e. The lowest BCUT2D eigenvalue weighted by Crippen LogP contribution is -2.18. The van der Waals surface area contributed by atoms with Crippen molar-refractivity contribution in [3.63, 3.8) is 0 Å². The molecule has 4 rings (SSSR count). The van der Waals surface area contributed by atoms with Crippen LogP contribution in [0.1, 0.15) is 33.6 Å². The van der Waals surface area contributed by atoms with Crippen molar-refractivity contribution in [1.82, 2.24) is 9.88 Å². The third-order valence-corrected chi connectivity index (χ3v) is 5.80. The molecule has 1 heterocycles. The highest BCUT2D eigenvalue weighted by molar-refractivity contribution is 5.98. The number of fused-ring (bicyclic) bond motifs is 1. The van der Waals surface area contributed by atoms with E-state index in [1.165, 1.54) is 17.7 Å². The minimum atomic E-state index is -0.992. The molecule has 0 spiro atoms. The Kier molecular flexibility index (Phi) is 7.05. The van der Waals surface area contributed by atoms with E-state index < -0.39 is 5.97 Å². The van der Waals surface area contributed by atoms with E-state index in [1.54, 1.807) is 23.8 Å². The van der Waals surface area contributed by atoms with Gasteiger partial charge in [0.15, 0.2) is 0 Å². The summed E-state index contributed by atoms with van der Waals surface area (Å²) in [6, 6.07) is 22.0. The van der Waals surface area contributed by atoms with Gasteiger partial charge >= 0.3 is 5.97 Å². The lowest BCUT2D eigenvalue weighted by Gasteiger charge is -2.10. The molecule has 0 aliphatic heterocycles. The van der Waals surface area contributed by atoms with Crippen LogP contribution in [0.5, 0.6) is 5.75 Å². The number of aromatic carboxylic acids is 1. The number of rotatable bonds is 10. The van der Waals surface area contributed by atoms with Crippen LogP contribution in [0.15, 0.2) is 72.8 Å². The number of nitrogens with zero attached hydrogens (tertiary/aromatic N) is 1. The number of carboxylic acids is 1. The van der Waals surface area contributed by atoms with Gasteiger partial charge in [0.25, 0.3) is 0 Å². The minimum absolute atomic E-state index is 0.234. The van der Waals surface area contributed by atoms with Crippen LogP contribution < -0.4 is 10.1 Å². The third kappa shape index (κ3) is 5.23. The Morgan fingerprint density at radius 2 is 1.79 bits per heavy atom. The molecule has 0 aliphatic carbocycles. The molecule has 0 aliphatic rings. The van der Waals surface area contributed by atoms with Crippen LogP contribution >= 0.6 is 0 Å². The smallest absolute Gasteiger partial charge is 0.352 e. The fourth-order valence-electron chi connectivity index (χ4n) is 4.16. The molecule has 4 aromatic rings. The predicted molar refractivity (Wildman–Crippen MR) is 127 cm³/mol. The largest absolute Gasteiger partial charge is 0.497 e. The van der Waals surface area contributed by atoms with Crippen LogP contribution in [0.2, 0.25) is 0 Å². The molecule has 0 bridgehead atoms. The number of hydrogen-bond donors (Lipinski definition) is 2. The highest BCUT2D eigenvalue weighted by Gasteiger charge is 2.22. The molecule has 0 fully saturated rings. The number of aryl methyl sites for hydroxylation is 1. The van der Waals surface area contributed by atoms with Gasteiger partial charge < -0.3 is 19.7 Å². The number of carboxylic acid groups (broad SMARTS) is 1. The second-order valence-corrected chi connectivity index (χ2v) is 7.99. The minimum Gasteiger partial charge on any atom is -0.497 e. The monoisotopic (exact) mass is 446 g/mol. The van der Waals surface area contributed by atoms with Crippen molar-refractivity contribution in [3.05, 3.63) is 101 Å². The van der Waals surface area contributed by atoms with E-state index in [0.717, 1.165) is 41.4 Å². The van der Waals surface area contributed by atoms with Gasteiger partial charge in [-0.3, -0.25) is 0 Å². The van der Waals surface area contributed by atoms with E-state index in [0.29, 0.717) is 18.8 Å². The fraction of sp³-hybridized carbons (Fsp3) is 0.222. The normalized spacial score (nSPS) is 11.1. The zero-order valence-electron chi connectivity index (χ0n) is 18.6. The summed E-state index contributed by atoms with van der Waals surface area (Å²) in [5.41, 5.74) is 3.85. The van der Waals surface area contributed by atoms with Gasteiger partial charge in [-0.05, 0) is 54.8 Å². The number of benzene rings is 3. The molecule has 0 radical (unpaired) electrons. The van der Waals surface area contributed by atoms with Crippen LogP contribution in [0.3, 0.4) is 0 Å². The summed E-state index contributed by atoms with van der Waals surface area (Å²) in [6.45, 7) is 1.53. The Balaban J connectivity index is 1.61. The molecule has 3 aromatic carbocycles. The number of carbonyl (C=O) groups is 1. The predicted octanol–water partition coefficient (Wildman–Crippen LogP) is 5.26. The Bertz CT molecular complexity index is 1230. The number of halogens is 1. The Morgan fingerprint density at radius 3 is 2.48 bits per heavy atom. The average Bonchev–Trinajstić information content (AvgIpc) is 3.13. The molecule has 5 nitrogen and oxygen atoms in total. The molecule has 0 atom stereocenters. The van der Waals surface area contributed by atoms with Crippen molar-refractivity contribution < 1.29 is 19.0 Å². The van der Waals surface area contributed by atoms with E-state index in [2.05, 4.69) is 17.4 Å². The first kappa shape index (κ1) is 22.6. The molecule has 0 saturated heterocycles. The third-order valence-electron chi connectivity index (χ3n) is 5.80. The summed E-state index contributed by atoms with van der Waals surface area (Å²) in [6.07, 6.45) is 1.91. The van der Waals surface area contributed by atoms with E-state index in [9.17, 15) is 14.3 Å². The summed E-state index contributed by atoms with van der Waals surface area (Å²) < 4.78 is 20.5. The second kappa shape index (κ2) is 10.3. The zero-order valence-corrected chi connectivity index (χ0v) is 18.6. The molecular formula is C27H27FN2O3. The van der Waals surface area contributed by atoms with Crippen molar-refractivity contribution >= 4 is 16.9 Å². The Labute approximate surface area is 192 Å². The molecule has 2 N–H and O–H groups in total. The Hall–Kier alpha value is -3.64. The lowest BCUT2D eigenvalue weighted by atomic mass is 10.1. The van der Waals surface area contributed by atoms with Crippen LogP contribution in [0.4, 0.5) is 4.39 Å². The average molecular weight is 447 g/mol. The van der Waals surface area contributed by atoms with Crippen LogP contribution in [0.25, 0.3) is 10.9 Å². The van der Waals surface area contributed by atoms with E-state index in [-0.39, 0.29) is 11.5 Å². The van der Waals surface area contributed by atoms with Gasteiger partial charge in [-0.15, -0.1) is 0 Å². The maximum absolute atomic E-state index is 13.4. The van der Waals surface area contributed by atoms with Crippen LogP contribution in [0, 0.1) is 5.82 Å². The quantitative estimate of drug-likeness (QED) is 0.326. The molecule has 6 heteroatoms. The van der Waals surface area contributed by atoms with E-state index >= 15 is 0 Å². The SMILES string of the molecule is COc1ccc2c(CNCCCc3ccccc3)c(C(=O)O)n(Cc3ccc(F)cc3)c2c1. The van der Waals surface area contributed by atoms with Crippen LogP contribution in [-0.2, 0) is 19.5 Å². The highest BCUT2D eigenvalue weighted by Crippen LogP contribution is 2.30. The van der Waals surface area contributed by atoms with Crippen molar-refractivity contribution in [2.75, 3.05) is 13.7 Å². The number of hydrogen-bond acceptors (Lipinski definition) is 3. The number of methoxy groups -OCH3 is 1. The molecule has 0 amide bonds. The topological polar surface area (TPSA) is 63.5 Å². The molecular weight excluding hydrogens is 419 g/mol. The van der Waals surface area contributed by atoms with Gasteiger partial charge in [-0.2, -0.15) is 0 Å². The zero-order chi connectivity index (χ0) is 23.2. The van der Waals surface area contributed by atoms with Crippen LogP contribution in [-0.4, -0.2) is 29.3 Å². The highest BCUT2D eigenvalue weighted by atomic mass is 19.1. The van der Waals surface area contributed by atoms with Crippen molar-refractivity contribution in [2.45, 2.75) is 25.9 Å². The summed E-state index contributed by atoms with van der Waals surface area (Å²) in [7, 11) is 1.59. The molecule has 0 unspecified atom stereocenters. The first-order valence-electron chi connectivity index (χ1n) is 11.0.